The van der Waals surface area contributed by atoms with Gasteiger partial charge in [0.05, 0.1) is 4.92 Å². The van der Waals surface area contributed by atoms with Crippen molar-refractivity contribution in [1.29, 1.82) is 0 Å². The molecule has 0 bridgehead atoms. The van der Waals surface area contributed by atoms with Gasteiger partial charge in [0.25, 0.3) is 5.78 Å². The molecule has 0 amide bonds. The molecule has 0 aliphatic carbocycles. The van der Waals surface area contributed by atoms with Gasteiger partial charge in [-0.15, -0.1) is 0 Å². The SMILES string of the molecule is CC(C)Cc1nc2ncnn2c(Cl)c1[N+](=O)[O-]. The average Bonchev–Trinajstić information content (AvgIpc) is 2.64. The van der Waals surface area contributed by atoms with E-state index in [4.69, 9.17) is 11.6 Å². The molecule has 0 unspecified atom stereocenters. The molecular formula is C9H10ClN5O2. The van der Waals surface area contributed by atoms with Crippen LogP contribution in [0.4, 0.5) is 5.69 Å². The molecule has 2 aromatic rings. The summed E-state index contributed by atoms with van der Waals surface area (Å²) < 4.78 is 1.16. The predicted octanol–water partition coefficient (Wildman–Crippen LogP) is 1.88. The third kappa shape index (κ3) is 2.05. The molecule has 0 N–H and O–H groups in total. The van der Waals surface area contributed by atoms with E-state index < -0.39 is 4.92 Å². The second kappa shape index (κ2) is 4.25. The van der Waals surface area contributed by atoms with Crippen LogP contribution in [0.15, 0.2) is 6.33 Å². The molecule has 90 valence electrons. The Morgan fingerprint density at radius 1 is 1.59 bits per heavy atom. The third-order valence-electron chi connectivity index (χ3n) is 2.20. The maximum Gasteiger partial charge on any atom is 0.327 e. The fourth-order valence-corrected chi connectivity index (χ4v) is 1.85. The molecule has 0 radical (unpaired) electrons. The molecule has 2 rings (SSSR count). The molecule has 0 fully saturated rings. The van der Waals surface area contributed by atoms with Crippen LogP contribution in [0.5, 0.6) is 0 Å². The summed E-state index contributed by atoms with van der Waals surface area (Å²) in [6.45, 7) is 3.90. The van der Waals surface area contributed by atoms with Crippen LogP contribution in [0.25, 0.3) is 5.78 Å². The minimum Gasteiger partial charge on any atom is -0.258 e. The van der Waals surface area contributed by atoms with Gasteiger partial charge >= 0.3 is 5.69 Å². The van der Waals surface area contributed by atoms with Crippen molar-refractivity contribution in [1.82, 2.24) is 19.6 Å². The number of nitro groups is 1. The molecule has 17 heavy (non-hydrogen) atoms. The molecule has 0 saturated heterocycles. The highest BCUT2D eigenvalue weighted by Gasteiger charge is 2.25. The van der Waals surface area contributed by atoms with E-state index >= 15 is 0 Å². The van der Waals surface area contributed by atoms with Gasteiger partial charge in [-0.2, -0.15) is 14.6 Å². The average molecular weight is 256 g/mol. The van der Waals surface area contributed by atoms with E-state index in [-0.39, 0.29) is 22.5 Å². The molecular weight excluding hydrogens is 246 g/mol. The first-order valence-corrected chi connectivity index (χ1v) is 5.41. The summed E-state index contributed by atoms with van der Waals surface area (Å²) in [6, 6.07) is 0. The zero-order chi connectivity index (χ0) is 12.6. The Morgan fingerprint density at radius 2 is 2.29 bits per heavy atom. The van der Waals surface area contributed by atoms with Gasteiger partial charge < -0.3 is 0 Å². The number of rotatable bonds is 3. The van der Waals surface area contributed by atoms with Crippen LogP contribution in [-0.4, -0.2) is 24.5 Å². The molecule has 2 aromatic heterocycles. The van der Waals surface area contributed by atoms with Crippen LogP contribution >= 0.6 is 11.6 Å². The van der Waals surface area contributed by atoms with Crippen LogP contribution in [0.3, 0.4) is 0 Å². The molecule has 7 nitrogen and oxygen atoms in total. The topological polar surface area (TPSA) is 86.2 Å². The van der Waals surface area contributed by atoms with Gasteiger partial charge in [-0.1, -0.05) is 25.4 Å². The molecule has 8 heteroatoms. The normalized spacial score (nSPS) is 11.3. The lowest BCUT2D eigenvalue weighted by molar-refractivity contribution is -0.386. The smallest absolute Gasteiger partial charge is 0.258 e. The Morgan fingerprint density at radius 3 is 2.88 bits per heavy atom. The molecule has 0 aliphatic heterocycles. The zero-order valence-electron chi connectivity index (χ0n) is 9.29. The van der Waals surface area contributed by atoms with Gasteiger partial charge in [0.15, 0.2) is 0 Å². The van der Waals surface area contributed by atoms with E-state index in [2.05, 4.69) is 15.1 Å². The second-order valence-corrected chi connectivity index (χ2v) is 4.38. The van der Waals surface area contributed by atoms with Crippen LogP contribution in [0.2, 0.25) is 5.15 Å². The van der Waals surface area contributed by atoms with Gasteiger partial charge in [-0.05, 0) is 12.3 Å². The van der Waals surface area contributed by atoms with Gasteiger partial charge in [0.2, 0.25) is 5.15 Å². The van der Waals surface area contributed by atoms with Crippen molar-refractivity contribution in [3.8, 4) is 0 Å². The van der Waals surface area contributed by atoms with Crippen LogP contribution in [0, 0.1) is 16.0 Å². The standard InChI is InChI=1S/C9H10ClN5O2/c1-5(2)3-6-7(15(16)17)8(10)14-9(13-6)11-4-12-14/h4-5H,3H2,1-2H3. The quantitative estimate of drug-likeness (QED) is 0.475. The molecule has 0 aromatic carbocycles. The molecule has 0 spiro atoms. The zero-order valence-corrected chi connectivity index (χ0v) is 10.0. The summed E-state index contributed by atoms with van der Waals surface area (Å²) in [5.41, 5.74) is 0.147. The number of hydrogen-bond donors (Lipinski definition) is 0. The summed E-state index contributed by atoms with van der Waals surface area (Å²) in [5.74, 6) is 0.513. The largest absolute Gasteiger partial charge is 0.327 e. The number of aromatic nitrogens is 4. The first-order valence-electron chi connectivity index (χ1n) is 5.03. The Balaban J connectivity index is 2.70. The van der Waals surface area contributed by atoms with Crippen molar-refractivity contribution in [2.24, 2.45) is 5.92 Å². The van der Waals surface area contributed by atoms with Crippen molar-refractivity contribution in [3.63, 3.8) is 0 Å². The number of nitrogens with zero attached hydrogens (tertiary/aromatic N) is 5. The fraction of sp³-hybridized carbons (Fsp3) is 0.444. The van der Waals surface area contributed by atoms with Crippen LogP contribution in [0.1, 0.15) is 19.5 Å². The third-order valence-corrected chi connectivity index (χ3v) is 2.54. The summed E-state index contributed by atoms with van der Waals surface area (Å²) in [6.07, 6.45) is 1.73. The van der Waals surface area contributed by atoms with E-state index in [9.17, 15) is 10.1 Å². The molecule has 2 heterocycles. The Hall–Kier alpha value is -1.76. The number of hydrogen-bond acceptors (Lipinski definition) is 5. The Bertz CT molecular complexity index is 580. The lowest BCUT2D eigenvalue weighted by atomic mass is 10.1. The fourth-order valence-electron chi connectivity index (χ4n) is 1.55. The van der Waals surface area contributed by atoms with E-state index in [0.717, 1.165) is 4.52 Å². The van der Waals surface area contributed by atoms with Crippen molar-refractivity contribution in [2.75, 3.05) is 0 Å². The maximum absolute atomic E-state index is 11.0. The molecule has 0 aliphatic rings. The van der Waals surface area contributed by atoms with E-state index in [1.807, 2.05) is 13.8 Å². The second-order valence-electron chi connectivity index (χ2n) is 4.02. The van der Waals surface area contributed by atoms with Crippen molar-refractivity contribution >= 4 is 23.1 Å². The summed E-state index contributed by atoms with van der Waals surface area (Å²) in [7, 11) is 0. The highest BCUT2D eigenvalue weighted by atomic mass is 35.5. The van der Waals surface area contributed by atoms with Crippen molar-refractivity contribution in [2.45, 2.75) is 20.3 Å². The summed E-state index contributed by atoms with van der Waals surface area (Å²) in [5, 5.41) is 14.7. The van der Waals surface area contributed by atoms with Crippen LogP contribution in [-0.2, 0) is 6.42 Å². The van der Waals surface area contributed by atoms with Gasteiger partial charge in [0.1, 0.15) is 12.0 Å². The lowest BCUT2D eigenvalue weighted by Crippen LogP contribution is -2.07. The Kier molecular flexibility index (Phi) is 2.93. The van der Waals surface area contributed by atoms with E-state index in [1.54, 1.807) is 0 Å². The number of halogens is 1. The van der Waals surface area contributed by atoms with Crippen molar-refractivity contribution in [3.05, 3.63) is 27.3 Å². The minimum atomic E-state index is -0.534. The number of fused-ring (bicyclic) bond motifs is 1. The van der Waals surface area contributed by atoms with Crippen molar-refractivity contribution < 1.29 is 4.92 Å². The molecule has 0 saturated carbocycles. The summed E-state index contributed by atoms with van der Waals surface area (Å²) >= 11 is 5.95. The van der Waals surface area contributed by atoms with E-state index in [1.165, 1.54) is 6.33 Å². The highest BCUT2D eigenvalue weighted by Crippen LogP contribution is 2.28. The molecule has 0 atom stereocenters. The van der Waals surface area contributed by atoms with Gasteiger partial charge in [-0.25, -0.2) is 4.98 Å². The minimum absolute atomic E-state index is 0.0619. The first-order chi connectivity index (χ1) is 8.00. The predicted molar refractivity (Wildman–Crippen MR) is 61.0 cm³/mol. The maximum atomic E-state index is 11.0. The first kappa shape index (κ1) is 11.7. The van der Waals surface area contributed by atoms with Gasteiger partial charge in [0, 0.05) is 0 Å². The monoisotopic (exact) mass is 255 g/mol. The lowest BCUT2D eigenvalue weighted by Gasteiger charge is -2.06. The Labute approximate surface area is 102 Å². The van der Waals surface area contributed by atoms with Gasteiger partial charge in [-0.3, -0.25) is 10.1 Å². The highest BCUT2D eigenvalue weighted by molar-refractivity contribution is 6.31. The van der Waals surface area contributed by atoms with Crippen LogP contribution < -0.4 is 0 Å². The summed E-state index contributed by atoms with van der Waals surface area (Å²) in [4.78, 5) is 18.5. The van der Waals surface area contributed by atoms with E-state index in [0.29, 0.717) is 12.1 Å².